The average molecular weight is 312 g/mol. The number of carbonyl (C=O) groups excluding carboxylic acids is 1. The number of hydrogen-bond acceptors (Lipinski definition) is 6. The third-order valence-electron chi connectivity index (χ3n) is 2.47. The molecule has 0 bridgehead atoms. The zero-order valence-electron chi connectivity index (χ0n) is 11.7. The maximum Gasteiger partial charge on any atom is 0.321 e. The van der Waals surface area contributed by atoms with Crippen molar-refractivity contribution in [1.82, 2.24) is 9.29 Å². The van der Waals surface area contributed by atoms with Crippen LogP contribution in [0.2, 0.25) is 0 Å². The van der Waals surface area contributed by atoms with E-state index in [1.165, 1.54) is 32.6 Å². The molecule has 1 aromatic heterocycles. The lowest BCUT2D eigenvalue weighted by Crippen LogP contribution is -2.32. The Labute approximate surface area is 123 Å². The van der Waals surface area contributed by atoms with Crippen molar-refractivity contribution in [1.29, 1.82) is 0 Å². The van der Waals surface area contributed by atoms with Crippen LogP contribution in [0.25, 0.3) is 0 Å². The molecule has 21 heavy (non-hydrogen) atoms. The summed E-state index contributed by atoms with van der Waals surface area (Å²) in [5, 5.41) is 8.64. The Bertz CT molecular complexity index is 661. The first-order valence-corrected chi connectivity index (χ1v) is 7.43. The minimum absolute atomic E-state index is 0.0651. The van der Waals surface area contributed by atoms with Crippen LogP contribution in [0.15, 0.2) is 23.4 Å². The Morgan fingerprint density at radius 2 is 2.19 bits per heavy atom. The monoisotopic (exact) mass is 312 g/mol. The van der Waals surface area contributed by atoms with Crippen molar-refractivity contribution in [2.75, 3.05) is 27.3 Å². The number of aromatic nitrogens is 1. The predicted molar refractivity (Wildman–Crippen MR) is 74.6 cm³/mol. The van der Waals surface area contributed by atoms with Crippen LogP contribution in [0.5, 0.6) is 0 Å². The summed E-state index contributed by atoms with van der Waals surface area (Å²) >= 11 is 0. The van der Waals surface area contributed by atoms with E-state index in [1.54, 1.807) is 0 Å². The van der Waals surface area contributed by atoms with Gasteiger partial charge >= 0.3 is 5.97 Å². The van der Waals surface area contributed by atoms with Crippen LogP contribution in [0.4, 0.5) is 0 Å². The topological polar surface area (TPSA) is 96.8 Å². The highest BCUT2D eigenvalue weighted by atomic mass is 32.2. The molecule has 1 rings (SSSR count). The summed E-state index contributed by atoms with van der Waals surface area (Å²) in [5.74, 6) is 4.72. The zero-order valence-corrected chi connectivity index (χ0v) is 12.6. The molecule has 1 N–H and O–H groups in total. The molecule has 0 saturated carbocycles. The molecule has 0 spiro atoms. The van der Waals surface area contributed by atoms with E-state index in [4.69, 9.17) is 5.11 Å². The number of aliphatic hydroxyl groups is 1. The molecular formula is C13H16N2O5S. The number of esters is 1. The first kappa shape index (κ1) is 17.1. The van der Waals surface area contributed by atoms with Gasteiger partial charge in [-0.05, 0) is 6.07 Å². The van der Waals surface area contributed by atoms with Crippen molar-refractivity contribution in [3.63, 3.8) is 0 Å². The fourth-order valence-electron chi connectivity index (χ4n) is 1.36. The lowest BCUT2D eigenvalue weighted by molar-refractivity contribution is -0.140. The minimum atomic E-state index is -3.84. The molecule has 0 fully saturated rings. The van der Waals surface area contributed by atoms with Crippen LogP contribution in [0, 0.1) is 11.8 Å². The third-order valence-corrected chi connectivity index (χ3v) is 4.24. The normalized spacial score (nSPS) is 10.9. The fraction of sp³-hybridized carbons (Fsp3) is 0.385. The summed E-state index contributed by atoms with van der Waals surface area (Å²) < 4.78 is 29.8. The highest BCUT2D eigenvalue weighted by Gasteiger charge is 2.23. The third kappa shape index (κ3) is 4.82. The van der Waals surface area contributed by atoms with Gasteiger partial charge in [0.25, 0.3) is 0 Å². The van der Waals surface area contributed by atoms with Gasteiger partial charge in [0, 0.05) is 31.4 Å². The van der Waals surface area contributed by atoms with Gasteiger partial charge in [-0.3, -0.25) is 9.78 Å². The lowest BCUT2D eigenvalue weighted by atomic mass is 10.3. The first-order valence-electron chi connectivity index (χ1n) is 5.99. The Morgan fingerprint density at radius 3 is 2.81 bits per heavy atom. The van der Waals surface area contributed by atoms with Crippen molar-refractivity contribution in [3.05, 3.63) is 24.0 Å². The molecule has 0 unspecified atom stereocenters. The molecule has 0 aromatic carbocycles. The van der Waals surface area contributed by atoms with Gasteiger partial charge < -0.3 is 9.84 Å². The highest BCUT2D eigenvalue weighted by Crippen LogP contribution is 2.14. The van der Waals surface area contributed by atoms with Gasteiger partial charge in [0.15, 0.2) is 0 Å². The number of sulfonamides is 1. The number of likely N-dealkylation sites (N-methyl/N-ethyl adjacent to an activating group) is 1. The molecule has 0 aliphatic carbocycles. The van der Waals surface area contributed by atoms with Crippen molar-refractivity contribution in [3.8, 4) is 11.8 Å². The number of ether oxygens (including phenoxy) is 1. The smallest absolute Gasteiger partial charge is 0.321 e. The van der Waals surface area contributed by atoms with Gasteiger partial charge in [0.05, 0.1) is 13.7 Å². The van der Waals surface area contributed by atoms with E-state index in [9.17, 15) is 13.2 Å². The Kier molecular flexibility index (Phi) is 6.30. The second-order valence-corrected chi connectivity index (χ2v) is 6.07. The Balaban J connectivity index is 3.01. The van der Waals surface area contributed by atoms with Gasteiger partial charge in [0.2, 0.25) is 10.0 Å². The number of nitrogens with zero attached hydrogens (tertiary/aromatic N) is 2. The van der Waals surface area contributed by atoms with E-state index < -0.39 is 16.0 Å². The molecule has 114 valence electrons. The molecular weight excluding hydrogens is 296 g/mol. The number of hydrogen-bond donors (Lipinski definition) is 1. The highest BCUT2D eigenvalue weighted by molar-refractivity contribution is 7.89. The average Bonchev–Trinajstić information content (AvgIpc) is 2.47. The maximum absolute atomic E-state index is 12.3. The number of pyridine rings is 1. The number of methoxy groups -OCH3 is 1. The molecule has 0 radical (unpaired) electrons. The van der Waals surface area contributed by atoms with Gasteiger partial charge in [-0.15, -0.1) is 0 Å². The van der Waals surface area contributed by atoms with Crippen LogP contribution in [-0.2, 0) is 19.6 Å². The SMILES string of the molecule is COC(=O)CN(C)S(=O)(=O)c1cncc(C#CCCO)c1. The van der Waals surface area contributed by atoms with Crippen LogP contribution < -0.4 is 0 Å². The molecule has 0 amide bonds. The number of carbonyl (C=O) groups is 1. The molecule has 7 nitrogen and oxygen atoms in total. The van der Waals surface area contributed by atoms with Crippen molar-refractivity contribution in [2.45, 2.75) is 11.3 Å². The number of aliphatic hydroxyl groups excluding tert-OH is 1. The van der Waals surface area contributed by atoms with Gasteiger partial charge in [-0.1, -0.05) is 11.8 Å². The summed E-state index contributed by atoms with van der Waals surface area (Å²) in [6, 6.07) is 1.36. The molecule has 0 atom stereocenters. The summed E-state index contributed by atoms with van der Waals surface area (Å²) in [5.41, 5.74) is 0.413. The first-order chi connectivity index (χ1) is 9.91. The fourth-order valence-corrected chi connectivity index (χ4v) is 2.47. The molecule has 1 heterocycles. The molecule has 1 aromatic rings. The molecule has 0 aliphatic heterocycles. The second-order valence-electron chi connectivity index (χ2n) is 4.02. The minimum Gasteiger partial charge on any atom is -0.468 e. The van der Waals surface area contributed by atoms with E-state index in [-0.39, 0.29) is 18.0 Å². The molecule has 8 heteroatoms. The molecule has 0 aliphatic rings. The van der Waals surface area contributed by atoms with E-state index in [0.717, 1.165) is 4.31 Å². The Hall–Kier alpha value is -1.95. The standard InChI is InChI=1S/C13H16N2O5S/c1-15(10-13(17)20-2)21(18,19)12-7-11(8-14-9-12)5-3-4-6-16/h7-9,16H,4,6,10H2,1-2H3. The lowest BCUT2D eigenvalue weighted by Gasteiger charge is -2.15. The largest absolute Gasteiger partial charge is 0.468 e. The van der Waals surface area contributed by atoms with Crippen LogP contribution >= 0.6 is 0 Å². The van der Waals surface area contributed by atoms with Crippen molar-refractivity contribution < 1.29 is 23.1 Å². The Morgan fingerprint density at radius 1 is 1.48 bits per heavy atom. The zero-order chi connectivity index (χ0) is 15.9. The summed E-state index contributed by atoms with van der Waals surface area (Å²) in [7, 11) is -1.39. The van der Waals surface area contributed by atoms with Gasteiger partial charge in [0.1, 0.15) is 11.4 Å². The van der Waals surface area contributed by atoms with Gasteiger partial charge in [-0.25, -0.2) is 8.42 Å². The van der Waals surface area contributed by atoms with Gasteiger partial charge in [-0.2, -0.15) is 4.31 Å². The van der Waals surface area contributed by atoms with Crippen LogP contribution in [0.1, 0.15) is 12.0 Å². The van der Waals surface area contributed by atoms with E-state index in [1.807, 2.05) is 0 Å². The predicted octanol–water partition coefficient (Wildman–Crippen LogP) is -0.391. The van der Waals surface area contributed by atoms with Crippen molar-refractivity contribution in [2.24, 2.45) is 0 Å². The number of rotatable bonds is 5. The summed E-state index contributed by atoms with van der Waals surface area (Å²) in [6.45, 7) is -0.459. The quantitative estimate of drug-likeness (QED) is 0.587. The molecule has 0 saturated heterocycles. The van der Waals surface area contributed by atoms with E-state index in [2.05, 4.69) is 21.6 Å². The van der Waals surface area contributed by atoms with E-state index in [0.29, 0.717) is 12.0 Å². The van der Waals surface area contributed by atoms with Crippen LogP contribution in [0.3, 0.4) is 0 Å². The van der Waals surface area contributed by atoms with E-state index >= 15 is 0 Å². The summed E-state index contributed by atoms with van der Waals surface area (Å²) in [6.07, 6.45) is 2.89. The maximum atomic E-state index is 12.3. The summed E-state index contributed by atoms with van der Waals surface area (Å²) in [4.78, 5) is 14.9. The van der Waals surface area contributed by atoms with Crippen molar-refractivity contribution >= 4 is 16.0 Å². The van der Waals surface area contributed by atoms with Crippen LogP contribution in [-0.4, -0.2) is 56.1 Å². The second kappa shape index (κ2) is 7.73.